The molecule has 2 amide bonds. The van der Waals surface area contributed by atoms with Gasteiger partial charge in [-0.3, -0.25) is 14.5 Å². The number of thiophene rings is 1. The molecule has 1 aliphatic heterocycles. The minimum Gasteiger partial charge on any atom is -0.321 e. The van der Waals surface area contributed by atoms with E-state index in [1.165, 1.54) is 11.3 Å². The SMILES string of the molecule is Cc1cc(NC(=O)c2ccccc2Cl)sc1C(=O)Nc1ccccc1CN1CCSCC1. The van der Waals surface area contributed by atoms with Gasteiger partial charge in [0.2, 0.25) is 0 Å². The number of nitrogens with zero attached hydrogens (tertiary/aromatic N) is 1. The number of benzene rings is 2. The summed E-state index contributed by atoms with van der Waals surface area (Å²) in [6.45, 7) is 4.81. The van der Waals surface area contributed by atoms with Crippen LogP contribution in [0.3, 0.4) is 0 Å². The topological polar surface area (TPSA) is 61.4 Å². The van der Waals surface area contributed by atoms with Crippen LogP contribution in [0.15, 0.2) is 54.6 Å². The van der Waals surface area contributed by atoms with Crippen LogP contribution in [0.4, 0.5) is 10.7 Å². The number of nitrogens with one attached hydrogen (secondary N) is 2. The molecule has 2 aromatic carbocycles. The van der Waals surface area contributed by atoms with Crippen molar-refractivity contribution in [3.8, 4) is 0 Å². The molecule has 8 heteroatoms. The van der Waals surface area contributed by atoms with Gasteiger partial charge in [-0.05, 0) is 42.3 Å². The van der Waals surface area contributed by atoms with E-state index in [0.717, 1.165) is 48.0 Å². The molecule has 1 aromatic heterocycles. The molecule has 0 spiro atoms. The summed E-state index contributed by atoms with van der Waals surface area (Å²) in [6, 6.07) is 16.6. The van der Waals surface area contributed by atoms with Crippen molar-refractivity contribution < 1.29 is 9.59 Å². The van der Waals surface area contributed by atoms with E-state index in [1.54, 1.807) is 24.3 Å². The highest BCUT2D eigenvalue weighted by atomic mass is 35.5. The van der Waals surface area contributed by atoms with Gasteiger partial charge in [0.15, 0.2) is 0 Å². The van der Waals surface area contributed by atoms with E-state index in [4.69, 9.17) is 11.6 Å². The van der Waals surface area contributed by atoms with E-state index in [2.05, 4.69) is 21.6 Å². The second-order valence-corrected chi connectivity index (χ2v) is 10.2. The van der Waals surface area contributed by atoms with Crippen molar-refractivity contribution in [3.05, 3.63) is 81.2 Å². The zero-order valence-corrected chi connectivity index (χ0v) is 20.1. The van der Waals surface area contributed by atoms with Crippen LogP contribution in [-0.4, -0.2) is 41.3 Å². The minimum atomic E-state index is -0.297. The number of rotatable bonds is 6. The maximum atomic E-state index is 13.1. The maximum absolute atomic E-state index is 13.1. The third-order valence-electron chi connectivity index (χ3n) is 5.24. The summed E-state index contributed by atoms with van der Waals surface area (Å²) in [4.78, 5) is 28.6. The Morgan fingerprint density at radius 2 is 1.72 bits per heavy atom. The molecule has 0 aliphatic carbocycles. The number of amides is 2. The first-order chi connectivity index (χ1) is 15.5. The van der Waals surface area contributed by atoms with Gasteiger partial charge in [-0.2, -0.15) is 11.8 Å². The molecular formula is C24H24ClN3O2S2. The molecule has 1 saturated heterocycles. The number of para-hydroxylation sites is 1. The summed E-state index contributed by atoms with van der Waals surface area (Å²) in [5, 5.41) is 6.92. The molecule has 4 rings (SSSR count). The summed E-state index contributed by atoms with van der Waals surface area (Å²) in [7, 11) is 0. The lowest BCUT2D eigenvalue weighted by Gasteiger charge is -2.27. The van der Waals surface area contributed by atoms with E-state index in [9.17, 15) is 9.59 Å². The quantitative estimate of drug-likeness (QED) is 0.465. The predicted molar refractivity (Wildman–Crippen MR) is 135 cm³/mol. The Labute approximate surface area is 201 Å². The van der Waals surface area contributed by atoms with Gasteiger partial charge in [0.05, 0.1) is 20.5 Å². The molecule has 1 fully saturated rings. The highest BCUT2D eigenvalue weighted by Crippen LogP contribution is 2.29. The van der Waals surface area contributed by atoms with E-state index in [1.807, 2.05) is 43.0 Å². The smallest absolute Gasteiger partial charge is 0.266 e. The molecule has 0 saturated carbocycles. The first-order valence-corrected chi connectivity index (χ1v) is 12.7. The fraction of sp³-hybridized carbons (Fsp3) is 0.250. The molecule has 0 unspecified atom stereocenters. The predicted octanol–water partition coefficient (Wildman–Crippen LogP) is 5.76. The van der Waals surface area contributed by atoms with Crippen LogP contribution in [0.1, 0.15) is 31.2 Å². The van der Waals surface area contributed by atoms with Crippen molar-refractivity contribution in [1.29, 1.82) is 0 Å². The summed E-state index contributed by atoms with van der Waals surface area (Å²) in [5.41, 5.74) is 3.14. The molecular weight excluding hydrogens is 462 g/mol. The fourth-order valence-corrected chi connectivity index (χ4v) is 5.72. The molecule has 0 bridgehead atoms. The zero-order valence-electron chi connectivity index (χ0n) is 17.7. The van der Waals surface area contributed by atoms with Crippen molar-refractivity contribution in [2.45, 2.75) is 13.5 Å². The van der Waals surface area contributed by atoms with Crippen molar-refractivity contribution >= 4 is 57.2 Å². The molecule has 1 aliphatic rings. The fourth-order valence-electron chi connectivity index (χ4n) is 3.55. The maximum Gasteiger partial charge on any atom is 0.266 e. The van der Waals surface area contributed by atoms with Crippen LogP contribution in [0.2, 0.25) is 5.02 Å². The van der Waals surface area contributed by atoms with E-state index >= 15 is 0 Å². The standard InChI is InChI=1S/C24H24ClN3O2S2/c1-16-14-21(27-23(29)18-7-3-4-8-19(18)25)32-22(16)24(30)26-20-9-5-2-6-17(20)15-28-10-12-31-13-11-28/h2-9,14H,10-13,15H2,1H3,(H,26,30)(H,27,29). The average Bonchev–Trinajstić information content (AvgIpc) is 3.16. The van der Waals surface area contributed by atoms with Crippen molar-refractivity contribution in [2.75, 3.05) is 35.2 Å². The third kappa shape index (κ3) is 5.53. The van der Waals surface area contributed by atoms with Gasteiger partial charge in [-0.15, -0.1) is 11.3 Å². The van der Waals surface area contributed by atoms with Crippen molar-refractivity contribution in [3.63, 3.8) is 0 Å². The Kier molecular flexibility index (Phi) is 7.52. The first kappa shape index (κ1) is 22.9. The number of thioether (sulfide) groups is 1. The minimum absolute atomic E-state index is 0.174. The number of anilines is 2. The molecule has 5 nitrogen and oxygen atoms in total. The van der Waals surface area contributed by atoms with E-state index in [-0.39, 0.29) is 11.8 Å². The largest absolute Gasteiger partial charge is 0.321 e. The Bertz CT molecular complexity index is 1130. The highest BCUT2D eigenvalue weighted by Gasteiger charge is 2.19. The van der Waals surface area contributed by atoms with Crippen molar-refractivity contribution in [1.82, 2.24) is 4.90 Å². The van der Waals surface area contributed by atoms with Crippen LogP contribution in [0.5, 0.6) is 0 Å². The average molecular weight is 486 g/mol. The zero-order chi connectivity index (χ0) is 22.5. The van der Waals surface area contributed by atoms with Gasteiger partial charge < -0.3 is 10.6 Å². The number of carbonyl (C=O) groups is 2. The Hall–Kier alpha value is -2.32. The van der Waals surface area contributed by atoms with Crippen LogP contribution in [0, 0.1) is 6.92 Å². The Morgan fingerprint density at radius 3 is 2.50 bits per heavy atom. The van der Waals surface area contributed by atoms with Crippen LogP contribution in [0.25, 0.3) is 0 Å². The number of halogens is 1. The highest BCUT2D eigenvalue weighted by molar-refractivity contribution is 7.99. The lowest BCUT2D eigenvalue weighted by Crippen LogP contribution is -2.32. The molecule has 3 aromatic rings. The molecule has 32 heavy (non-hydrogen) atoms. The number of aryl methyl sites for hydroxylation is 1. The van der Waals surface area contributed by atoms with Gasteiger partial charge in [-0.1, -0.05) is 41.9 Å². The van der Waals surface area contributed by atoms with Crippen molar-refractivity contribution in [2.24, 2.45) is 0 Å². The molecule has 2 N–H and O–H groups in total. The van der Waals surface area contributed by atoms with Crippen LogP contribution >= 0.6 is 34.7 Å². The molecule has 166 valence electrons. The summed E-state index contributed by atoms with van der Waals surface area (Å²) >= 11 is 9.36. The Morgan fingerprint density at radius 1 is 1.00 bits per heavy atom. The van der Waals surface area contributed by atoms with Gasteiger partial charge in [0.1, 0.15) is 0 Å². The van der Waals surface area contributed by atoms with Gasteiger partial charge in [0, 0.05) is 36.8 Å². The van der Waals surface area contributed by atoms with Gasteiger partial charge in [-0.25, -0.2) is 0 Å². The van der Waals surface area contributed by atoms with E-state index in [0.29, 0.717) is 20.5 Å². The number of carbonyl (C=O) groups excluding carboxylic acids is 2. The molecule has 2 heterocycles. The second-order valence-electron chi connectivity index (χ2n) is 7.56. The summed E-state index contributed by atoms with van der Waals surface area (Å²) < 4.78 is 0. The normalized spacial score (nSPS) is 14.2. The first-order valence-electron chi connectivity index (χ1n) is 10.4. The molecule has 0 atom stereocenters. The van der Waals surface area contributed by atoms with Crippen LogP contribution < -0.4 is 10.6 Å². The lowest BCUT2D eigenvalue weighted by molar-refractivity contribution is 0.102. The Balaban J connectivity index is 1.46. The summed E-state index contributed by atoms with van der Waals surface area (Å²) in [5.74, 6) is 1.82. The summed E-state index contributed by atoms with van der Waals surface area (Å²) in [6.07, 6.45) is 0. The van der Waals surface area contributed by atoms with Gasteiger partial charge in [0.25, 0.3) is 11.8 Å². The molecule has 0 radical (unpaired) electrons. The van der Waals surface area contributed by atoms with E-state index < -0.39 is 0 Å². The second kappa shape index (κ2) is 10.5. The van der Waals surface area contributed by atoms with Crippen LogP contribution in [-0.2, 0) is 6.54 Å². The monoisotopic (exact) mass is 485 g/mol. The lowest BCUT2D eigenvalue weighted by atomic mass is 10.1. The third-order valence-corrected chi connectivity index (χ3v) is 7.67. The number of hydrogen-bond donors (Lipinski definition) is 2. The van der Waals surface area contributed by atoms with Gasteiger partial charge >= 0.3 is 0 Å². The number of hydrogen-bond acceptors (Lipinski definition) is 5.